The first kappa shape index (κ1) is 23.1. The SMILES string of the molecule is O=C(c1cc(C(F)(F)F)cc(C(F)(F)F)c1)N(Cc1nnc(-c2ccc(Cl)cc2)o1)C1CC1. The lowest BCUT2D eigenvalue weighted by Crippen LogP contribution is -2.33. The maximum Gasteiger partial charge on any atom is 0.416 e. The highest BCUT2D eigenvalue weighted by atomic mass is 35.5. The average molecular weight is 490 g/mol. The Balaban J connectivity index is 1.63. The molecule has 0 aliphatic heterocycles. The van der Waals surface area contributed by atoms with Crippen LogP contribution in [-0.4, -0.2) is 27.0 Å². The zero-order chi connectivity index (χ0) is 24.0. The summed E-state index contributed by atoms with van der Waals surface area (Å²) in [5.74, 6) is -0.869. The first-order valence-corrected chi connectivity index (χ1v) is 9.98. The van der Waals surface area contributed by atoms with Gasteiger partial charge in [0.1, 0.15) is 0 Å². The zero-order valence-electron chi connectivity index (χ0n) is 16.5. The van der Waals surface area contributed by atoms with E-state index in [1.54, 1.807) is 24.3 Å². The minimum atomic E-state index is -5.05. The van der Waals surface area contributed by atoms with Crippen LogP contribution in [0.1, 0.15) is 40.2 Å². The molecule has 2 aromatic carbocycles. The molecule has 1 heterocycles. The van der Waals surface area contributed by atoms with Crippen LogP contribution < -0.4 is 0 Å². The molecule has 33 heavy (non-hydrogen) atoms. The standard InChI is InChI=1S/C21H14ClF6N3O2/c22-15-3-1-11(2-4-15)18-30-29-17(33-18)10-31(16-5-6-16)19(32)12-7-13(20(23,24)25)9-14(8-12)21(26,27)28/h1-4,7-9,16H,5-6,10H2. The first-order valence-electron chi connectivity index (χ1n) is 9.60. The van der Waals surface area contributed by atoms with E-state index in [9.17, 15) is 31.1 Å². The molecule has 0 bridgehead atoms. The number of amides is 1. The fraction of sp³-hybridized carbons (Fsp3) is 0.286. The molecule has 4 rings (SSSR count). The molecule has 0 N–H and O–H groups in total. The molecular weight excluding hydrogens is 476 g/mol. The smallest absolute Gasteiger partial charge is 0.416 e. The van der Waals surface area contributed by atoms with Gasteiger partial charge in [0, 0.05) is 22.2 Å². The maximum absolute atomic E-state index is 13.2. The lowest BCUT2D eigenvalue weighted by molar-refractivity contribution is -0.143. The van der Waals surface area contributed by atoms with Crippen molar-refractivity contribution in [2.45, 2.75) is 37.8 Å². The van der Waals surface area contributed by atoms with Gasteiger partial charge in [0.05, 0.1) is 17.7 Å². The first-order chi connectivity index (χ1) is 15.4. The number of carbonyl (C=O) groups excluding carboxylic acids is 1. The molecule has 174 valence electrons. The summed E-state index contributed by atoms with van der Waals surface area (Å²) in [6.45, 7) is -0.262. The molecule has 1 saturated carbocycles. The number of alkyl halides is 6. The number of rotatable bonds is 5. The molecule has 3 aromatic rings. The Morgan fingerprint density at radius 1 is 0.970 bits per heavy atom. The van der Waals surface area contributed by atoms with E-state index in [1.165, 1.54) is 0 Å². The van der Waals surface area contributed by atoms with Crippen LogP contribution >= 0.6 is 11.6 Å². The Morgan fingerprint density at radius 2 is 1.55 bits per heavy atom. The summed E-state index contributed by atoms with van der Waals surface area (Å²) < 4.78 is 84.6. The van der Waals surface area contributed by atoms with Crippen LogP contribution in [0, 0.1) is 0 Å². The molecule has 0 atom stereocenters. The second-order valence-electron chi connectivity index (χ2n) is 7.47. The predicted octanol–water partition coefficient (Wildman–Crippen LogP) is 6.23. The van der Waals surface area contributed by atoms with Crippen molar-refractivity contribution in [3.05, 3.63) is 70.1 Å². The zero-order valence-corrected chi connectivity index (χ0v) is 17.3. The third-order valence-corrected chi connectivity index (χ3v) is 5.20. The Hall–Kier alpha value is -3.08. The van der Waals surface area contributed by atoms with Gasteiger partial charge in [-0.3, -0.25) is 4.79 Å². The van der Waals surface area contributed by atoms with Crippen LogP contribution in [-0.2, 0) is 18.9 Å². The summed E-state index contributed by atoms with van der Waals surface area (Å²) in [6, 6.07) is 6.93. The Labute approximate surface area is 188 Å². The van der Waals surface area contributed by atoms with Gasteiger partial charge < -0.3 is 9.32 Å². The van der Waals surface area contributed by atoms with E-state index in [0.29, 0.717) is 35.6 Å². The van der Waals surface area contributed by atoms with Crippen LogP contribution in [0.5, 0.6) is 0 Å². The lowest BCUT2D eigenvalue weighted by atomic mass is 10.0. The Morgan fingerprint density at radius 3 is 2.06 bits per heavy atom. The summed E-state index contributed by atoms with van der Waals surface area (Å²) in [5.41, 5.74) is -3.28. The topological polar surface area (TPSA) is 59.2 Å². The third kappa shape index (κ3) is 5.29. The largest absolute Gasteiger partial charge is 0.419 e. The molecule has 1 aliphatic rings. The normalized spacial score (nSPS) is 14.4. The summed E-state index contributed by atoms with van der Waals surface area (Å²) in [4.78, 5) is 14.1. The van der Waals surface area contributed by atoms with E-state index in [-0.39, 0.29) is 30.4 Å². The highest BCUT2D eigenvalue weighted by Crippen LogP contribution is 2.37. The fourth-order valence-corrected chi connectivity index (χ4v) is 3.30. The fourth-order valence-electron chi connectivity index (χ4n) is 3.17. The van der Waals surface area contributed by atoms with Gasteiger partial charge in [0.2, 0.25) is 11.8 Å². The quantitative estimate of drug-likeness (QED) is 0.398. The van der Waals surface area contributed by atoms with E-state index in [2.05, 4.69) is 10.2 Å². The van der Waals surface area contributed by atoms with Crippen molar-refractivity contribution < 1.29 is 35.6 Å². The summed E-state index contributed by atoms with van der Waals surface area (Å²) in [7, 11) is 0. The summed E-state index contributed by atoms with van der Waals surface area (Å²) >= 11 is 5.83. The van der Waals surface area contributed by atoms with Gasteiger partial charge in [-0.15, -0.1) is 10.2 Å². The van der Waals surface area contributed by atoms with Crippen LogP contribution in [0.25, 0.3) is 11.5 Å². The van der Waals surface area contributed by atoms with Crippen molar-refractivity contribution in [1.29, 1.82) is 0 Å². The van der Waals surface area contributed by atoms with Gasteiger partial charge in [-0.1, -0.05) is 11.6 Å². The number of hydrogen-bond donors (Lipinski definition) is 0. The number of aromatic nitrogens is 2. The van der Waals surface area contributed by atoms with Crippen LogP contribution in [0.15, 0.2) is 46.9 Å². The van der Waals surface area contributed by atoms with Gasteiger partial charge >= 0.3 is 12.4 Å². The summed E-state index contributed by atoms with van der Waals surface area (Å²) in [5, 5.41) is 8.22. The molecule has 0 unspecified atom stereocenters. The monoisotopic (exact) mass is 489 g/mol. The number of nitrogens with zero attached hydrogens (tertiary/aromatic N) is 3. The number of halogens is 7. The molecular formula is C21H14ClF6N3O2. The van der Waals surface area contributed by atoms with Gasteiger partial charge in [-0.2, -0.15) is 26.3 Å². The highest BCUT2D eigenvalue weighted by Gasteiger charge is 2.40. The van der Waals surface area contributed by atoms with E-state index < -0.39 is 35.0 Å². The Kier molecular flexibility index (Phi) is 5.85. The maximum atomic E-state index is 13.2. The van der Waals surface area contributed by atoms with E-state index in [1.807, 2.05) is 0 Å². The lowest BCUT2D eigenvalue weighted by Gasteiger charge is -2.22. The highest BCUT2D eigenvalue weighted by molar-refractivity contribution is 6.30. The molecule has 0 spiro atoms. The van der Waals surface area contributed by atoms with Crippen molar-refractivity contribution in [2.24, 2.45) is 0 Å². The molecule has 1 fully saturated rings. The van der Waals surface area contributed by atoms with Crippen molar-refractivity contribution in [1.82, 2.24) is 15.1 Å². The number of benzene rings is 2. The minimum absolute atomic E-state index is 0.0109. The Bertz CT molecular complexity index is 1140. The second kappa shape index (κ2) is 8.36. The average Bonchev–Trinajstić information content (AvgIpc) is 3.48. The van der Waals surface area contributed by atoms with E-state index in [0.717, 1.165) is 4.90 Å². The molecule has 1 aromatic heterocycles. The number of carbonyl (C=O) groups is 1. The van der Waals surface area contributed by atoms with Crippen LogP contribution in [0.4, 0.5) is 26.3 Å². The predicted molar refractivity (Wildman–Crippen MR) is 104 cm³/mol. The van der Waals surface area contributed by atoms with Crippen molar-refractivity contribution in [3.63, 3.8) is 0 Å². The second-order valence-corrected chi connectivity index (χ2v) is 7.90. The molecule has 1 aliphatic carbocycles. The van der Waals surface area contributed by atoms with Gasteiger partial charge in [0.25, 0.3) is 5.91 Å². The van der Waals surface area contributed by atoms with Gasteiger partial charge in [-0.05, 0) is 55.3 Å². The van der Waals surface area contributed by atoms with Crippen molar-refractivity contribution >= 4 is 17.5 Å². The van der Waals surface area contributed by atoms with E-state index >= 15 is 0 Å². The van der Waals surface area contributed by atoms with Gasteiger partial charge in [0.15, 0.2) is 0 Å². The van der Waals surface area contributed by atoms with Crippen molar-refractivity contribution in [3.8, 4) is 11.5 Å². The van der Waals surface area contributed by atoms with Gasteiger partial charge in [-0.25, -0.2) is 0 Å². The molecule has 5 nitrogen and oxygen atoms in total. The molecule has 12 heteroatoms. The third-order valence-electron chi connectivity index (χ3n) is 4.95. The molecule has 0 radical (unpaired) electrons. The summed E-state index contributed by atoms with van der Waals surface area (Å²) in [6.07, 6.45) is -9.01. The van der Waals surface area contributed by atoms with Crippen LogP contribution in [0.2, 0.25) is 5.02 Å². The van der Waals surface area contributed by atoms with Crippen molar-refractivity contribution in [2.75, 3.05) is 0 Å². The molecule has 0 saturated heterocycles. The molecule has 1 amide bonds. The number of hydrogen-bond acceptors (Lipinski definition) is 4. The minimum Gasteiger partial charge on any atom is -0.419 e. The van der Waals surface area contributed by atoms with E-state index in [4.69, 9.17) is 16.0 Å². The van der Waals surface area contributed by atoms with Crippen LogP contribution in [0.3, 0.4) is 0 Å².